The van der Waals surface area contributed by atoms with Crippen LogP contribution < -0.4 is 5.32 Å². The maximum atomic E-state index is 13.7. The Kier molecular flexibility index (Phi) is 7.68. The third-order valence-electron chi connectivity index (χ3n) is 7.60. The fourth-order valence-electron chi connectivity index (χ4n) is 5.75. The van der Waals surface area contributed by atoms with E-state index in [1.165, 1.54) is 10.5 Å². The summed E-state index contributed by atoms with van der Waals surface area (Å²) in [5.74, 6) is -0.321. The summed E-state index contributed by atoms with van der Waals surface area (Å²) < 4.78 is 0. The Balaban J connectivity index is 1.64. The van der Waals surface area contributed by atoms with Gasteiger partial charge in [0, 0.05) is 33.9 Å². The van der Waals surface area contributed by atoms with Crippen LogP contribution >= 0.6 is 23.4 Å². The zero-order valence-corrected chi connectivity index (χ0v) is 22.1. The van der Waals surface area contributed by atoms with Gasteiger partial charge in [-0.1, -0.05) is 60.1 Å². The van der Waals surface area contributed by atoms with Crippen molar-refractivity contribution in [3.63, 3.8) is 0 Å². The van der Waals surface area contributed by atoms with Crippen LogP contribution in [-0.4, -0.2) is 29.3 Å². The van der Waals surface area contributed by atoms with Crippen molar-refractivity contribution in [1.82, 2.24) is 5.32 Å². The van der Waals surface area contributed by atoms with Gasteiger partial charge in [0.2, 0.25) is 0 Å². The topological polar surface area (TPSA) is 49.3 Å². The third kappa shape index (κ3) is 5.33. The number of Topliss-reactive ketones (excluding diaryl/α,β-unsaturated/α-hetero) is 1. The third-order valence-corrected chi connectivity index (χ3v) is 8.57. The second kappa shape index (κ2) is 10.9. The van der Waals surface area contributed by atoms with Crippen molar-refractivity contribution in [2.45, 2.75) is 54.6 Å². The zero-order chi connectivity index (χ0) is 25.1. The number of aliphatic hydroxyl groups is 1. The summed E-state index contributed by atoms with van der Waals surface area (Å²) in [5, 5.41) is 16.6. The second-order valence-electron chi connectivity index (χ2n) is 9.90. The van der Waals surface area contributed by atoms with Crippen molar-refractivity contribution < 1.29 is 9.90 Å². The molecule has 3 aromatic carbocycles. The number of hydrogen-bond donors (Lipinski definition) is 2. The van der Waals surface area contributed by atoms with Crippen LogP contribution in [0.5, 0.6) is 0 Å². The molecule has 0 saturated carbocycles. The van der Waals surface area contributed by atoms with Gasteiger partial charge in [-0.3, -0.25) is 4.79 Å². The first kappa shape index (κ1) is 25.3. The summed E-state index contributed by atoms with van der Waals surface area (Å²) in [6.07, 6.45) is 7.39. The van der Waals surface area contributed by atoms with Crippen LogP contribution in [-0.2, 0) is 11.2 Å². The molecule has 0 aromatic heterocycles. The molecule has 1 aliphatic carbocycles. The first-order valence-corrected chi connectivity index (χ1v) is 14.2. The fourth-order valence-corrected chi connectivity index (χ4v) is 6.32. The first-order valence-electron chi connectivity index (χ1n) is 12.6. The van der Waals surface area contributed by atoms with Gasteiger partial charge >= 0.3 is 0 Å². The minimum Gasteiger partial charge on any atom is -0.389 e. The molecule has 36 heavy (non-hydrogen) atoms. The predicted molar refractivity (Wildman–Crippen MR) is 150 cm³/mol. The monoisotopic (exact) mass is 517 g/mol. The molecular formula is C31H32ClNO2S. The van der Waals surface area contributed by atoms with Gasteiger partial charge in [0.1, 0.15) is 0 Å². The number of carbonyl (C=O) groups is 1. The van der Waals surface area contributed by atoms with E-state index in [2.05, 4.69) is 48.0 Å². The standard InChI is InChI=1S/C31H32ClNO2S/c1-36-26-15-12-21-8-5-9-29(34)27(19-24(21)18-26)30(23-10-13-25(32)14-11-23)31(35)16-17-33-28(20-31)22-6-3-2-4-7-22/h2-4,6-7,10-15,18-19,28,30,33,35H,5,8-9,16-17,20H2,1H3/b27-19+. The summed E-state index contributed by atoms with van der Waals surface area (Å²) >= 11 is 7.95. The van der Waals surface area contributed by atoms with Crippen molar-refractivity contribution >= 4 is 35.2 Å². The number of ketones is 1. The fraction of sp³-hybridized carbons (Fsp3) is 0.323. The van der Waals surface area contributed by atoms with Gasteiger partial charge in [-0.05, 0) is 91.1 Å². The van der Waals surface area contributed by atoms with E-state index < -0.39 is 11.5 Å². The van der Waals surface area contributed by atoms with E-state index >= 15 is 0 Å². The number of nitrogens with one attached hydrogen (secondary N) is 1. The Morgan fingerprint density at radius 1 is 1.06 bits per heavy atom. The Labute approximate surface area is 223 Å². The van der Waals surface area contributed by atoms with Gasteiger partial charge in [-0.15, -0.1) is 11.8 Å². The van der Waals surface area contributed by atoms with Gasteiger partial charge in [0.05, 0.1) is 5.60 Å². The molecule has 0 amide bonds. The number of piperidine rings is 1. The van der Waals surface area contributed by atoms with Gasteiger partial charge < -0.3 is 10.4 Å². The SMILES string of the molecule is CSc1ccc2c(c1)/C=C(/C(c1ccc(Cl)cc1)C1(O)CCNC(c3ccccc3)C1)C(=O)CCC2. The highest BCUT2D eigenvalue weighted by molar-refractivity contribution is 7.98. The molecule has 3 nitrogen and oxygen atoms in total. The van der Waals surface area contributed by atoms with E-state index in [0.29, 0.717) is 36.4 Å². The number of aryl methyl sites for hydroxylation is 1. The normalized spacial score (nSPS) is 24.7. The molecule has 1 heterocycles. The summed E-state index contributed by atoms with van der Waals surface area (Å²) in [5.41, 5.74) is 4.04. The molecule has 1 saturated heterocycles. The Morgan fingerprint density at radius 3 is 2.58 bits per heavy atom. The maximum Gasteiger partial charge on any atom is 0.159 e. The molecule has 5 rings (SSSR count). The van der Waals surface area contributed by atoms with E-state index in [9.17, 15) is 9.90 Å². The molecule has 1 aliphatic heterocycles. The minimum atomic E-state index is -1.09. The van der Waals surface area contributed by atoms with Crippen molar-refractivity contribution in [2.24, 2.45) is 0 Å². The van der Waals surface area contributed by atoms with Gasteiger partial charge in [-0.25, -0.2) is 0 Å². The number of fused-ring (bicyclic) bond motifs is 1. The number of benzene rings is 3. The predicted octanol–water partition coefficient (Wildman–Crippen LogP) is 6.99. The molecule has 5 heteroatoms. The molecule has 0 spiro atoms. The summed E-state index contributed by atoms with van der Waals surface area (Å²) in [6, 6.07) is 24.5. The maximum absolute atomic E-state index is 13.7. The van der Waals surface area contributed by atoms with Crippen LogP contribution in [0.15, 0.2) is 83.3 Å². The van der Waals surface area contributed by atoms with Crippen LogP contribution in [0.3, 0.4) is 0 Å². The molecular weight excluding hydrogens is 486 g/mol. The van der Waals surface area contributed by atoms with Crippen molar-refractivity contribution in [3.05, 3.63) is 106 Å². The first-order chi connectivity index (χ1) is 17.5. The summed E-state index contributed by atoms with van der Waals surface area (Å²) in [6.45, 7) is 0.675. The highest BCUT2D eigenvalue weighted by atomic mass is 35.5. The van der Waals surface area contributed by atoms with E-state index in [4.69, 9.17) is 11.6 Å². The van der Waals surface area contributed by atoms with Gasteiger partial charge in [0.25, 0.3) is 0 Å². The number of halogens is 1. The number of carbonyl (C=O) groups excluding carboxylic acids is 1. The molecule has 2 N–H and O–H groups in total. The van der Waals surface area contributed by atoms with Crippen LogP contribution in [0, 0.1) is 0 Å². The molecule has 0 radical (unpaired) electrons. The number of hydrogen-bond acceptors (Lipinski definition) is 4. The van der Waals surface area contributed by atoms with Crippen molar-refractivity contribution in [3.8, 4) is 0 Å². The Morgan fingerprint density at radius 2 is 1.83 bits per heavy atom. The summed E-state index contributed by atoms with van der Waals surface area (Å²) in [7, 11) is 0. The number of rotatable bonds is 5. The van der Waals surface area contributed by atoms with E-state index in [0.717, 1.165) is 29.5 Å². The minimum absolute atomic E-state index is 0.0133. The zero-order valence-electron chi connectivity index (χ0n) is 20.5. The van der Waals surface area contributed by atoms with Gasteiger partial charge in [0.15, 0.2) is 5.78 Å². The largest absolute Gasteiger partial charge is 0.389 e. The number of thioether (sulfide) groups is 1. The van der Waals surface area contributed by atoms with E-state index in [1.54, 1.807) is 11.8 Å². The Hall–Kier alpha value is -2.37. The second-order valence-corrected chi connectivity index (χ2v) is 11.2. The lowest BCUT2D eigenvalue weighted by Crippen LogP contribution is -2.48. The van der Waals surface area contributed by atoms with Crippen molar-refractivity contribution in [2.75, 3.05) is 12.8 Å². The van der Waals surface area contributed by atoms with E-state index in [-0.39, 0.29) is 11.8 Å². The molecule has 3 atom stereocenters. The lowest BCUT2D eigenvalue weighted by Gasteiger charge is -2.44. The smallest absolute Gasteiger partial charge is 0.159 e. The highest BCUT2D eigenvalue weighted by Crippen LogP contribution is 2.46. The molecule has 3 unspecified atom stereocenters. The van der Waals surface area contributed by atoms with Crippen molar-refractivity contribution in [1.29, 1.82) is 0 Å². The summed E-state index contributed by atoms with van der Waals surface area (Å²) in [4.78, 5) is 14.9. The van der Waals surface area contributed by atoms with Crippen LogP contribution in [0.1, 0.15) is 59.9 Å². The molecule has 0 bridgehead atoms. The van der Waals surface area contributed by atoms with Crippen LogP contribution in [0.4, 0.5) is 0 Å². The molecule has 3 aromatic rings. The average molecular weight is 518 g/mol. The molecule has 186 valence electrons. The molecule has 1 fully saturated rings. The highest BCUT2D eigenvalue weighted by Gasteiger charge is 2.45. The van der Waals surface area contributed by atoms with Crippen LogP contribution in [0.2, 0.25) is 5.02 Å². The lowest BCUT2D eigenvalue weighted by molar-refractivity contribution is -0.117. The Bertz CT molecular complexity index is 1260. The molecule has 2 aliphatic rings. The quantitative estimate of drug-likeness (QED) is 0.358. The lowest BCUT2D eigenvalue weighted by atomic mass is 9.68. The van der Waals surface area contributed by atoms with Crippen LogP contribution in [0.25, 0.3) is 6.08 Å². The average Bonchev–Trinajstić information content (AvgIpc) is 2.89. The van der Waals surface area contributed by atoms with E-state index in [1.807, 2.05) is 42.5 Å². The van der Waals surface area contributed by atoms with Gasteiger partial charge in [-0.2, -0.15) is 0 Å².